The topological polar surface area (TPSA) is 80.0 Å². The van der Waals surface area contributed by atoms with Crippen LogP contribution in [0.2, 0.25) is 10.0 Å². The van der Waals surface area contributed by atoms with Crippen LogP contribution in [0, 0.1) is 0 Å². The molecule has 98 valence electrons. The van der Waals surface area contributed by atoms with Crippen molar-refractivity contribution in [1.29, 1.82) is 0 Å². The molecule has 1 heterocycles. The van der Waals surface area contributed by atoms with Gasteiger partial charge in [0.25, 0.3) is 5.91 Å². The zero-order valence-corrected chi connectivity index (χ0v) is 11.2. The number of nitrogen functional groups attached to an aromatic ring is 1. The molecule has 0 unspecified atom stereocenters. The minimum atomic E-state index is -0.362. The second kappa shape index (κ2) is 5.88. The number of benzene rings is 1. The summed E-state index contributed by atoms with van der Waals surface area (Å²) >= 11 is 11.9. The zero-order valence-electron chi connectivity index (χ0n) is 9.65. The lowest BCUT2D eigenvalue weighted by atomic mass is 10.2. The highest BCUT2D eigenvalue weighted by Gasteiger charge is 2.13. The first kappa shape index (κ1) is 13.6. The largest absolute Gasteiger partial charge is 0.322 e. The van der Waals surface area contributed by atoms with E-state index in [9.17, 15) is 4.79 Å². The standard InChI is InChI=1S/C12H10Cl2N4O/c13-8-2-1-3-9(11(8)14)17-12(19)7-4-5-16-6-10(7)18-15/h1-6,18H,15H2,(H,17,19). The van der Waals surface area contributed by atoms with Crippen molar-refractivity contribution < 1.29 is 4.79 Å². The maximum absolute atomic E-state index is 12.1. The maximum Gasteiger partial charge on any atom is 0.257 e. The predicted molar refractivity (Wildman–Crippen MR) is 76.5 cm³/mol. The van der Waals surface area contributed by atoms with Gasteiger partial charge in [0.1, 0.15) is 0 Å². The number of rotatable bonds is 3. The van der Waals surface area contributed by atoms with Crippen molar-refractivity contribution in [3.63, 3.8) is 0 Å². The van der Waals surface area contributed by atoms with Crippen LogP contribution < -0.4 is 16.6 Å². The summed E-state index contributed by atoms with van der Waals surface area (Å²) < 4.78 is 0. The molecule has 1 amide bonds. The van der Waals surface area contributed by atoms with Crippen LogP contribution in [0.3, 0.4) is 0 Å². The number of hydrogen-bond acceptors (Lipinski definition) is 4. The molecule has 1 aromatic heterocycles. The Morgan fingerprint density at radius 2 is 2.00 bits per heavy atom. The monoisotopic (exact) mass is 296 g/mol. The molecule has 0 saturated carbocycles. The predicted octanol–water partition coefficient (Wildman–Crippen LogP) is 2.93. The second-order valence-corrected chi connectivity index (χ2v) is 4.41. The van der Waals surface area contributed by atoms with Gasteiger partial charge in [0.15, 0.2) is 0 Å². The number of aromatic nitrogens is 1. The quantitative estimate of drug-likeness (QED) is 0.601. The van der Waals surface area contributed by atoms with E-state index in [2.05, 4.69) is 15.7 Å². The highest BCUT2D eigenvalue weighted by molar-refractivity contribution is 6.44. The summed E-state index contributed by atoms with van der Waals surface area (Å²) in [5, 5.41) is 3.32. The van der Waals surface area contributed by atoms with Crippen molar-refractivity contribution in [1.82, 2.24) is 4.98 Å². The average Bonchev–Trinajstić information content (AvgIpc) is 2.43. The van der Waals surface area contributed by atoms with Crippen LogP contribution >= 0.6 is 23.2 Å². The number of amides is 1. The lowest BCUT2D eigenvalue weighted by Gasteiger charge is -2.10. The molecule has 0 bridgehead atoms. The number of anilines is 2. The van der Waals surface area contributed by atoms with Crippen molar-refractivity contribution in [3.8, 4) is 0 Å². The third-order valence-electron chi connectivity index (χ3n) is 2.42. The van der Waals surface area contributed by atoms with E-state index in [1.54, 1.807) is 24.3 Å². The van der Waals surface area contributed by atoms with Crippen LogP contribution in [0.25, 0.3) is 0 Å². The molecule has 0 fully saturated rings. The van der Waals surface area contributed by atoms with Gasteiger partial charge in [-0.1, -0.05) is 29.3 Å². The number of hydrogen-bond donors (Lipinski definition) is 3. The van der Waals surface area contributed by atoms with Crippen molar-refractivity contribution in [2.75, 3.05) is 10.7 Å². The molecule has 0 aliphatic rings. The highest BCUT2D eigenvalue weighted by Crippen LogP contribution is 2.30. The van der Waals surface area contributed by atoms with Crippen molar-refractivity contribution >= 4 is 40.5 Å². The summed E-state index contributed by atoms with van der Waals surface area (Å²) in [4.78, 5) is 16.0. The molecule has 4 N–H and O–H groups in total. The molecule has 0 aliphatic heterocycles. The summed E-state index contributed by atoms with van der Waals surface area (Å²) in [5.41, 5.74) is 3.61. The van der Waals surface area contributed by atoms with Gasteiger partial charge in [-0.3, -0.25) is 15.6 Å². The first-order valence-corrected chi connectivity index (χ1v) is 6.05. The van der Waals surface area contributed by atoms with E-state index in [0.717, 1.165) is 0 Å². The molecule has 0 radical (unpaired) electrons. The Balaban J connectivity index is 2.28. The van der Waals surface area contributed by atoms with Gasteiger partial charge in [-0.15, -0.1) is 0 Å². The van der Waals surface area contributed by atoms with Crippen LogP contribution in [0.15, 0.2) is 36.7 Å². The van der Waals surface area contributed by atoms with Gasteiger partial charge in [-0.05, 0) is 18.2 Å². The van der Waals surface area contributed by atoms with E-state index in [1.165, 1.54) is 12.4 Å². The van der Waals surface area contributed by atoms with E-state index in [4.69, 9.17) is 29.0 Å². The Bertz CT molecular complexity index is 618. The number of nitrogens with one attached hydrogen (secondary N) is 2. The smallest absolute Gasteiger partial charge is 0.257 e. The molecule has 2 aromatic rings. The normalized spacial score (nSPS) is 10.1. The Kier molecular flexibility index (Phi) is 4.21. The van der Waals surface area contributed by atoms with Crippen LogP contribution in [-0.4, -0.2) is 10.9 Å². The maximum atomic E-state index is 12.1. The number of hydrazine groups is 1. The van der Waals surface area contributed by atoms with E-state index in [1.807, 2.05) is 0 Å². The molecule has 0 spiro atoms. The number of nitrogens with zero attached hydrogens (tertiary/aromatic N) is 1. The molecule has 0 saturated heterocycles. The molecular weight excluding hydrogens is 287 g/mol. The molecule has 19 heavy (non-hydrogen) atoms. The van der Waals surface area contributed by atoms with Crippen molar-refractivity contribution in [3.05, 3.63) is 52.3 Å². The van der Waals surface area contributed by atoms with E-state index in [0.29, 0.717) is 22.0 Å². The van der Waals surface area contributed by atoms with Crippen LogP contribution in [0.5, 0.6) is 0 Å². The number of carbonyl (C=O) groups is 1. The van der Waals surface area contributed by atoms with E-state index in [-0.39, 0.29) is 10.9 Å². The molecule has 1 aromatic carbocycles. The molecule has 7 heteroatoms. The fourth-order valence-electron chi connectivity index (χ4n) is 1.50. The number of nitrogens with two attached hydrogens (primary N) is 1. The number of halogens is 2. The summed E-state index contributed by atoms with van der Waals surface area (Å²) in [5.74, 6) is 4.96. The summed E-state index contributed by atoms with van der Waals surface area (Å²) in [6, 6.07) is 6.53. The average molecular weight is 297 g/mol. The van der Waals surface area contributed by atoms with Gasteiger partial charge >= 0.3 is 0 Å². The summed E-state index contributed by atoms with van der Waals surface area (Å²) in [6.45, 7) is 0. The van der Waals surface area contributed by atoms with Crippen molar-refractivity contribution in [2.24, 2.45) is 5.84 Å². The third-order valence-corrected chi connectivity index (χ3v) is 3.24. The number of pyridine rings is 1. The molecule has 0 atom stereocenters. The van der Waals surface area contributed by atoms with Gasteiger partial charge in [0.05, 0.1) is 33.2 Å². The van der Waals surface area contributed by atoms with Crippen molar-refractivity contribution in [2.45, 2.75) is 0 Å². The first-order chi connectivity index (χ1) is 9.13. The SMILES string of the molecule is NNc1cnccc1C(=O)Nc1cccc(Cl)c1Cl. The van der Waals surface area contributed by atoms with Gasteiger partial charge in [-0.25, -0.2) is 0 Å². The Hall–Kier alpha value is -1.82. The van der Waals surface area contributed by atoms with E-state index >= 15 is 0 Å². The zero-order chi connectivity index (χ0) is 13.8. The van der Waals surface area contributed by atoms with Gasteiger partial charge in [0, 0.05) is 6.20 Å². The summed E-state index contributed by atoms with van der Waals surface area (Å²) in [6.07, 6.45) is 2.95. The minimum Gasteiger partial charge on any atom is -0.322 e. The fourth-order valence-corrected chi connectivity index (χ4v) is 1.85. The van der Waals surface area contributed by atoms with Crippen LogP contribution in [0.1, 0.15) is 10.4 Å². The Morgan fingerprint density at radius 1 is 1.21 bits per heavy atom. The summed E-state index contributed by atoms with van der Waals surface area (Å²) in [7, 11) is 0. The highest BCUT2D eigenvalue weighted by atomic mass is 35.5. The Labute approximate surface area is 119 Å². The van der Waals surface area contributed by atoms with E-state index < -0.39 is 0 Å². The third kappa shape index (κ3) is 2.96. The number of carbonyl (C=O) groups excluding carboxylic acids is 1. The van der Waals surface area contributed by atoms with Gasteiger partial charge in [0.2, 0.25) is 0 Å². The fraction of sp³-hybridized carbons (Fsp3) is 0. The Morgan fingerprint density at radius 3 is 2.74 bits per heavy atom. The lowest BCUT2D eigenvalue weighted by Crippen LogP contribution is -2.17. The minimum absolute atomic E-state index is 0.286. The molecular formula is C12H10Cl2N4O. The lowest BCUT2D eigenvalue weighted by molar-refractivity contribution is 0.102. The van der Waals surface area contributed by atoms with Gasteiger partial charge < -0.3 is 10.7 Å². The van der Waals surface area contributed by atoms with Crippen LogP contribution in [-0.2, 0) is 0 Å². The first-order valence-electron chi connectivity index (χ1n) is 5.29. The second-order valence-electron chi connectivity index (χ2n) is 3.62. The van der Waals surface area contributed by atoms with Gasteiger partial charge in [-0.2, -0.15) is 0 Å². The molecule has 0 aliphatic carbocycles. The molecule has 2 rings (SSSR count). The molecule has 5 nitrogen and oxygen atoms in total. The van der Waals surface area contributed by atoms with Crippen LogP contribution in [0.4, 0.5) is 11.4 Å².